The summed E-state index contributed by atoms with van der Waals surface area (Å²) in [5.74, 6) is -1.02. The van der Waals surface area contributed by atoms with Crippen LogP contribution in [0.1, 0.15) is 23.5 Å². The van der Waals surface area contributed by atoms with Gasteiger partial charge < -0.3 is 24.1 Å². The van der Waals surface area contributed by atoms with E-state index in [1.54, 1.807) is 36.4 Å². The zero-order valence-corrected chi connectivity index (χ0v) is 17.0. The van der Waals surface area contributed by atoms with Crippen LogP contribution in [-0.4, -0.2) is 23.3 Å². The average Bonchev–Trinajstić information content (AvgIpc) is 2.79. The van der Waals surface area contributed by atoms with Crippen LogP contribution < -0.4 is 14.9 Å². The number of carbonyl (C=O) groups excluding carboxylic acids is 1. The lowest BCUT2D eigenvalue weighted by Crippen LogP contribution is -2.22. The van der Waals surface area contributed by atoms with Crippen LogP contribution in [0.15, 0.2) is 70.1 Å². The summed E-state index contributed by atoms with van der Waals surface area (Å²) < 4.78 is 16.5. The summed E-state index contributed by atoms with van der Waals surface area (Å²) in [5.41, 5.74) is 1.86. The molecule has 0 fully saturated rings. The zero-order chi connectivity index (χ0) is 22.4. The van der Waals surface area contributed by atoms with Gasteiger partial charge in [-0.2, -0.15) is 0 Å². The lowest BCUT2D eigenvalue weighted by atomic mass is 9.84. The molecule has 160 valence electrons. The Morgan fingerprint density at radius 1 is 1.00 bits per heavy atom. The van der Waals surface area contributed by atoms with Gasteiger partial charge in [0.05, 0.1) is 19.1 Å². The minimum Gasteiger partial charge on any atom is -0.507 e. The fraction of sp³-hybridized carbons (Fsp3) is 0.120. The molecule has 32 heavy (non-hydrogen) atoms. The summed E-state index contributed by atoms with van der Waals surface area (Å²) in [6.07, 6.45) is 1.34. The van der Waals surface area contributed by atoms with E-state index in [2.05, 4.69) is 0 Å². The minimum atomic E-state index is -0.533. The highest BCUT2D eigenvalue weighted by molar-refractivity contribution is 5.94. The van der Waals surface area contributed by atoms with Crippen molar-refractivity contribution in [3.63, 3.8) is 0 Å². The van der Waals surface area contributed by atoms with Crippen molar-refractivity contribution in [1.82, 2.24) is 0 Å². The van der Waals surface area contributed by atoms with Crippen molar-refractivity contribution in [3.05, 3.63) is 82.2 Å². The maximum atomic E-state index is 13.3. The standard InChI is InChI=1S/C25H18O7/c1-30-19-9-14(7-8-17(19)26)15-10-21(28)32-20-11-18(27)23-24(29)16(12-31-25(23)22(15)20)13-5-3-2-4-6-13/h2-9,11-12,15,26-27H,10H2,1H3/t15-/m1/s1. The molecule has 1 aromatic heterocycles. The second kappa shape index (κ2) is 7.46. The molecule has 0 saturated carbocycles. The third-order valence-electron chi connectivity index (χ3n) is 5.66. The third kappa shape index (κ3) is 3.06. The Morgan fingerprint density at radius 2 is 1.78 bits per heavy atom. The number of benzene rings is 3. The second-order valence-electron chi connectivity index (χ2n) is 7.52. The molecule has 4 aromatic rings. The van der Waals surface area contributed by atoms with Crippen molar-refractivity contribution in [2.75, 3.05) is 7.11 Å². The topological polar surface area (TPSA) is 106 Å². The molecule has 0 radical (unpaired) electrons. The van der Waals surface area contributed by atoms with Gasteiger partial charge in [0.25, 0.3) is 0 Å². The number of aromatic hydroxyl groups is 2. The van der Waals surface area contributed by atoms with Gasteiger partial charge in [-0.05, 0) is 23.3 Å². The van der Waals surface area contributed by atoms with Gasteiger partial charge in [0, 0.05) is 17.5 Å². The number of hydrogen-bond acceptors (Lipinski definition) is 7. The van der Waals surface area contributed by atoms with E-state index in [9.17, 15) is 19.8 Å². The molecule has 1 aliphatic rings. The smallest absolute Gasteiger partial charge is 0.312 e. The molecule has 3 aromatic carbocycles. The van der Waals surface area contributed by atoms with Crippen molar-refractivity contribution < 1.29 is 28.9 Å². The normalized spacial score (nSPS) is 15.3. The van der Waals surface area contributed by atoms with Crippen LogP contribution in [-0.2, 0) is 4.79 Å². The van der Waals surface area contributed by atoms with E-state index in [1.165, 1.54) is 25.5 Å². The quantitative estimate of drug-likeness (QED) is 0.368. The van der Waals surface area contributed by atoms with Gasteiger partial charge in [-0.25, -0.2) is 0 Å². The number of phenols is 2. The highest BCUT2D eigenvalue weighted by atomic mass is 16.5. The molecular formula is C25H18O7. The number of phenolic OH excluding ortho intramolecular Hbond substituents is 2. The van der Waals surface area contributed by atoms with E-state index in [0.717, 1.165) is 0 Å². The van der Waals surface area contributed by atoms with Crippen molar-refractivity contribution >= 4 is 16.9 Å². The maximum Gasteiger partial charge on any atom is 0.312 e. The number of carbonyl (C=O) groups is 1. The molecule has 0 spiro atoms. The number of ether oxygens (including phenoxy) is 2. The molecule has 7 heteroatoms. The molecule has 7 nitrogen and oxygen atoms in total. The molecular weight excluding hydrogens is 412 g/mol. The lowest BCUT2D eigenvalue weighted by molar-refractivity contribution is -0.135. The van der Waals surface area contributed by atoms with E-state index in [1.807, 2.05) is 6.07 Å². The summed E-state index contributed by atoms with van der Waals surface area (Å²) in [4.78, 5) is 25.6. The van der Waals surface area contributed by atoms with E-state index in [-0.39, 0.29) is 40.4 Å². The Kier molecular flexibility index (Phi) is 4.59. The van der Waals surface area contributed by atoms with Crippen LogP contribution in [0.3, 0.4) is 0 Å². The highest BCUT2D eigenvalue weighted by Crippen LogP contribution is 2.46. The highest BCUT2D eigenvalue weighted by Gasteiger charge is 2.34. The summed E-state index contributed by atoms with van der Waals surface area (Å²) in [7, 11) is 1.43. The molecule has 5 rings (SSSR count). The number of hydrogen-bond donors (Lipinski definition) is 2. The summed E-state index contributed by atoms with van der Waals surface area (Å²) in [6.45, 7) is 0. The first-order chi connectivity index (χ1) is 15.5. The first-order valence-electron chi connectivity index (χ1n) is 9.92. The zero-order valence-electron chi connectivity index (χ0n) is 17.0. The van der Waals surface area contributed by atoms with Crippen molar-refractivity contribution in [2.45, 2.75) is 12.3 Å². The van der Waals surface area contributed by atoms with Crippen LogP contribution in [0.2, 0.25) is 0 Å². The largest absolute Gasteiger partial charge is 0.507 e. The fourth-order valence-electron chi connectivity index (χ4n) is 4.14. The molecule has 2 N–H and O–H groups in total. The Balaban J connectivity index is 1.78. The molecule has 0 bridgehead atoms. The van der Waals surface area contributed by atoms with Gasteiger partial charge in [0.2, 0.25) is 5.43 Å². The molecule has 1 aliphatic heterocycles. The molecule has 2 heterocycles. The predicted octanol–water partition coefficient (Wildman–Crippen LogP) is 4.32. The van der Waals surface area contributed by atoms with E-state index < -0.39 is 17.3 Å². The molecule has 1 atom stereocenters. The lowest BCUT2D eigenvalue weighted by Gasteiger charge is -2.26. The SMILES string of the molecule is COc1cc([C@H]2CC(=O)Oc3cc(O)c4c(=O)c(-c5ccccc5)coc4c32)ccc1O. The van der Waals surface area contributed by atoms with Gasteiger partial charge in [0.15, 0.2) is 11.5 Å². The van der Waals surface area contributed by atoms with Crippen LogP contribution in [0.25, 0.3) is 22.1 Å². The molecule has 0 saturated heterocycles. The van der Waals surface area contributed by atoms with Crippen molar-refractivity contribution in [3.8, 4) is 34.1 Å². The Morgan fingerprint density at radius 3 is 2.53 bits per heavy atom. The number of esters is 1. The van der Waals surface area contributed by atoms with Crippen LogP contribution in [0.5, 0.6) is 23.0 Å². The summed E-state index contributed by atoms with van der Waals surface area (Å²) >= 11 is 0. The number of fused-ring (bicyclic) bond motifs is 3. The Hall–Kier alpha value is -4.26. The molecule has 0 amide bonds. The van der Waals surface area contributed by atoms with Crippen LogP contribution in [0, 0.1) is 0 Å². The Bertz CT molecular complexity index is 1420. The van der Waals surface area contributed by atoms with Gasteiger partial charge in [-0.15, -0.1) is 0 Å². The summed E-state index contributed by atoms with van der Waals surface area (Å²) in [6, 6.07) is 15.0. The summed E-state index contributed by atoms with van der Waals surface area (Å²) in [5, 5.41) is 20.6. The first-order valence-corrected chi connectivity index (χ1v) is 9.92. The van der Waals surface area contributed by atoms with E-state index >= 15 is 0 Å². The van der Waals surface area contributed by atoms with Gasteiger partial charge >= 0.3 is 5.97 Å². The number of rotatable bonds is 3. The van der Waals surface area contributed by atoms with Crippen molar-refractivity contribution in [1.29, 1.82) is 0 Å². The average molecular weight is 430 g/mol. The number of methoxy groups -OCH3 is 1. The molecule has 0 aliphatic carbocycles. The van der Waals surface area contributed by atoms with Crippen molar-refractivity contribution in [2.24, 2.45) is 0 Å². The Labute approximate surface area is 182 Å². The third-order valence-corrected chi connectivity index (χ3v) is 5.66. The molecule has 0 unspecified atom stereocenters. The maximum absolute atomic E-state index is 13.3. The second-order valence-corrected chi connectivity index (χ2v) is 7.52. The van der Waals surface area contributed by atoms with Gasteiger partial charge in [-0.3, -0.25) is 9.59 Å². The van der Waals surface area contributed by atoms with Gasteiger partial charge in [-0.1, -0.05) is 36.4 Å². The van der Waals surface area contributed by atoms with Crippen LogP contribution >= 0.6 is 0 Å². The monoisotopic (exact) mass is 430 g/mol. The van der Waals surface area contributed by atoms with Gasteiger partial charge in [0.1, 0.15) is 28.7 Å². The van der Waals surface area contributed by atoms with E-state index in [4.69, 9.17) is 13.9 Å². The first kappa shape index (κ1) is 19.7. The fourth-order valence-corrected chi connectivity index (χ4v) is 4.14. The minimum absolute atomic E-state index is 0.00898. The van der Waals surface area contributed by atoms with E-state index in [0.29, 0.717) is 22.3 Å². The van der Waals surface area contributed by atoms with Crippen LogP contribution in [0.4, 0.5) is 0 Å². The predicted molar refractivity (Wildman–Crippen MR) is 116 cm³/mol.